The van der Waals surface area contributed by atoms with Crippen LogP contribution in [0.2, 0.25) is 0 Å². The highest BCUT2D eigenvalue weighted by atomic mass is 16.4. The van der Waals surface area contributed by atoms with Crippen molar-refractivity contribution < 1.29 is 5.21 Å². The number of hydrogen-bond acceptors (Lipinski definition) is 1. The van der Waals surface area contributed by atoms with Gasteiger partial charge in [-0.25, -0.2) is 0 Å². The summed E-state index contributed by atoms with van der Waals surface area (Å²) in [5, 5.41) is 13.1. The van der Waals surface area contributed by atoms with Crippen molar-refractivity contribution in [2.24, 2.45) is 17.0 Å². The Morgan fingerprint density at radius 2 is 2.33 bits per heavy atom. The first-order valence-electron chi connectivity index (χ1n) is 3.59. The summed E-state index contributed by atoms with van der Waals surface area (Å²) in [6, 6.07) is 0. The molecule has 2 bridgehead atoms. The van der Waals surface area contributed by atoms with Crippen molar-refractivity contribution in [1.29, 1.82) is 0 Å². The molecule has 0 unspecified atom stereocenters. The largest absolute Gasteiger partial charge is 0.145 e. The summed E-state index contributed by atoms with van der Waals surface area (Å²) in [5.41, 5.74) is 0.950. The van der Waals surface area contributed by atoms with Crippen LogP contribution in [0.3, 0.4) is 0 Å². The van der Waals surface area contributed by atoms with Crippen LogP contribution in [0.1, 0.15) is 25.7 Å². The van der Waals surface area contributed by atoms with Gasteiger partial charge in [-0.3, -0.25) is 0 Å². The van der Waals surface area contributed by atoms with Gasteiger partial charge in [0, 0.05) is 5.92 Å². The lowest BCUT2D eigenvalue weighted by molar-refractivity contribution is 0.206. The molecular formula is C7H10NO. The molecule has 9 heavy (non-hydrogen) atoms. The summed E-state index contributed by atoms with van der Waals surface area (Å²) in [5.74, 6) is 1.41. The van der Waals surface area contributed by atoms with Gasteiger partial charge in [-0.2, -0.15) is 0 Å². The smallest absolute Gasteiger partial charge is 0.0657 e. The molecule has 0 aliphatic heterocycles. The standard InChI is InChI=1S/C7H10NO/c9-8-7-4-5-1-2-6(7)3-5/h5-6H,1-4H2/b8-7-/t5-,6+/m0/s1. The molecule has 0 amide bonds. The predicted molar refractivity (Wildman–Crippen MR) is 33.6 cm³/mol. The van der Waals surface area contributed by atoms with Crippen LogP contribution in [0.4, 0.5) is 0 Å². The monoisotopic (exact) mass is 124 g/mol. The van der Waals surface area contributed by atoms with Crippen molar-refractivity contribution >= 4 is 5.71 Å². The molecule has 0 aromatic carbocycles. The van der Waals surface area contributed by atoms with E-state index in [0.717, 1.165) is 18.1 Å². The minimum Gasteiger partial charge on any atom is -0.145 e. The minimum atomic E-state index is 0.590. The van der Waals surface area contributed by atoms with Crippen molar-refractivity contribution in [2.75, 3.05) is 0 Å². The highest BCUT2D eigenvalue weighted by molar-refractivity contribution is 5.89. The van der Waals surface area contributed by atoms with Crippen LogP contribution in [0, 0.1) is 11.8 Å². The van der Waals surface area contributed by atoms with Crippen molar-refractivity contribution in [3.8, 4) is 0 Å². The lowest BCUT2D eigenvalue weighted by Gasteiger charge is -2.07. The van der Waals surface area contributed by atoms with Crippen LogP contribution in [0.15, 0.2) is 5.16 Å². The van der Waals surface area contributed by atoms with Crippen molar-refractivity contribution in [2.45, 2.75) is 25.7 Å². The van der Waals surface area contributed by atoms with Gasteiger partial charge in [-0.15, -0.1) is 5.21 Å². The van der Waals surface area contributed by atoms with Gasteiger partial charge in [0.25, 0.3) is 0 Å². The fourth-order valence-corrected chi connectivity index (χ4v) is 2.14. The Morgan fingerprint density at radius 1 is 1.44 bits per heavy atom. The quantitative estimate of drug-likeness (QED) is 0.439. The average Bonchev–Trinajstić information content (AvgIpc) is 2.45. The molecule has 2 aliphatic carbocycles. The molecule has 2 rings (SSSR count). The third-order valence-corrected chi connectivity index (χ3v) is 2.63. The van der Waals surface area contributed by atoms with E-state index in [9.17, 15) is 5.21 Å². The number of nitrogens with zero attached hydrogens (tertiary/aromatic N) is 1. The fourth-order valence-electron chi connectivity index (χ4n) is 2.14. The summed E-state index contributed by atoms with van der Waals surface area (Å²) in [4.78, 5) is 0. The molecule has 2 saturated carbocycles. The van der Waals surface area contributed by atoms with Crippen LogP contribution in [-0.2, 0) is 5.21 Å². The molecule has 2 atom stereocenters. The van der Waals surface area contributed by atoms with Gasteiger partial charge in [0.05, 0.1) is 5.71 Å². The van der Waals surface area contributed by atoms with E-state index in [0.29, 0.717) is 5.92 Å². The second-order valence-electron chi connectivity index (χ2n) is 3.16. The van der Waals surface area contributed by atoms with E-state index in [-0.39, 0.29) is 0 Å². The minimum absolute atomic E-state index is 0.590. The molecule has 2 aliphatic rings. The molecule has 49 valence electrons. The maximum atomic E-state index is 10.1. The van der Waals surface area contributed by atoms with Gasteiger partial charge < -0.3 is 0 Å². The van der Waals surface area contributed by atoms with Crippen LogP contribution in [-0.4, -0.2) is 5.71 Å². The second-order valence-corrected chi connectivity index (χ2v) is 3.16. The topological polar surface area (TPSA) is 32.3 Å². The average molecular weight is 124 g/mol. The van der Waals surface area contributed by atoms with Crippen molar-refractivity contribution in [3.05, 3.63) is 0 Å². The maximum absolute atomic E-state index is 10.1. The molecule has 0 heterocycles. The summed E-state index contributed by atoms with van der Waals surface area (Å²) in [6.07, 6.45) is 4.82. The van der Waals surface area contributed by atoms with Gasteiger partial charge in [0.1, 0.15) is 0 Å². The lowest BCUT2D eigenvalue weighted by Crippen LogP contribution is -2.08. The molecule has 0 N–H and O–H groups in total. The molecule has 0 spiro atoms. The van der Waals surface area contributed by atoms with Crippen LogP contribution in [0.5, 0.6) is 0 Å². The maximum Gasteiger partial charge on any atom is 0.0657 e. The van der Waals surface area contributed by atoms with E-state index in [1.807, 2.05) is 0 Å². The zero-order valence-corrected chi connectivity index (χ0v) is 5.34. The Kier molecular flexibility index (Phi) is 1.01. The highest BCUT2D eigenvalue weighted by Crippen LogP contribution is 2.42. The van der Waals surface area contributed by atoms with Gasteiger partial charge in [0.2, 0.25) is 0 Å². The first-order chi connectivity index (χ1) is 4.40. The molecule has 2 fully saturated rings. The third-order valence-electron chi connectivity index (χ3n) is 2.63. The Bertz CT molecular complexity index is 153. The number of fused-ring (bicyclic) bond motifs is 2. The van der Waals surface area contributed by atoms with Gasteiger partial charge in [-0.1, -0.05) is 0 Å². The van der Waals surface area contributed by atoms with Crippen LogP contribution >= 0.6 is 0 Å². The molecule has 0 aromatic heterocycles. The Hall–Kier alpha value is -0.530. The van der Waals surface area contributed by atoms with Crippen LogP contribution in [0.25, 0.3) is 0 Å². The van der Waals surface area contributed by atoms with E-state index < -0.39 is 0 Å². The molecule has 2 heteroatoms. The summed E-state index contributed by atoms with van der Waals surface area (Å²) >= 11 is 0. The highest BCUT2D eigenvalue weighted by Gasteiger charge is 2.37. The Morgan fingerprint density at radius 3 is 2.67 bits per heavy atom. The van der Waals surface area contributed by atoms with Crippen molar-refractivity contribution in [1.82, 2.24) is 0 Å². The first kappa shape index (κ1) is 5.27. The van der Waals surface area contributed by atoms with Crippen molar-refractivity contribution in [3.63, 3.8) is 0 Å². The number of hydrogen-bond donors (Lipinski definition) is 0. The molecule has 2 nitrogen and oxygen atoms in total. The van der Waals surface area contributed by atoms with E-state index in [4.69, 9.17) is 0 Å². The normalized spacial score (nSPS) is 44.7. The number of rotatable bonds is 0. The van der Waals surface area contributed by atoms with E-state index in [2.05, 4.69) is 5.16 Å². The van der Waals surface area contributed by atoms with E-state index >= 15 is 0 Å². The van der Waals surface area contributed by atoms with E-state index in [1.165, 1.54) is 19.3 Å². The summed E-state index contributed by atoms with van der Waals surface area (Å²) in [7, 11) is 0. The fraction of sp³-hybridized carbons (Fsp3) is 0.857. The van der Waals surface area contributed by atoms with Crippen LogP contribution < -0.4 is 0 Å². The lowest BCUT2D eigenvalue weighted by atomic mass is 9.99. The third kappa shape index (κ3) is 0.655. The van der Waals surface area contributed by atoms with Gasteiger partial charge in [0.15, 0.2) is 0 Å². The SMILES string of the molecule is [O]/N=C1/C[C@H]2CC[C@@H]1C2. The van der Waals surface area contributed by atoms with Gasteiger partial charge in [-0.05, 0) is 36.8 Å². The summed E-state index contributed by atoms with van der Waals surface area (Å²) < 4.78 is 0. The molecule has 0 saturated heterocycles. The molecule has 1 radical (unpaired) electrons. The zero-order chi connectivity index (χ0) is 6.27. The second kappa shape index (κ2) is 1.72. The molecule has 0 aromatic rings. The summed E-state index contributed by atoms with van der Waals surface area (Å²) in [6.45, 7) is 0. The Balaban J connectivity index is 2.18. The predicted octanol–water partition coefficient (Wildman–Crippen LogP) is 1.59. The van der Waals surface area contributed by atoms with E-state index in [1.54, 1.807) is 0 Å². The van der Waals surface area contributed by atoms with Gasteiger partial charge >= 0.3 is 0 Å². The zero-order valence-electron chi connectivity index (χ0n) is 5.34. The molecular weight excluding hydrogens is 114 g/mol. The first-order valence-corrected chi connectivity index (χ1v) is 3.59. The Labute approximate surface area is 54.6 Å².